The van der Waals surface area contributed by atoms with Crippen LogP contribution in [0.4, 0.5) is 11.5 Å². The van der Waals surface area contributed by atoms with Gasteiger partial charge in [0.15, 0.2) is 0 Å². The first-order chi connectivity index (χ1) is 11.1. The largest absolute Gasteiger partial charge is 0.331 e. The van der Waals surface area contributed by atoms with Crippen LogP contribution in [0.2, 0.25) is 0 Å². The zero-order chi connectivity index (χ0) is 16.4. The summed E-state index contributed by atoms with van der Waals surface area (Å²) < 4.78 is 2.74. The van der Waals surface area contributed by atoms with Gasteiger partial charge in [-0.3, -0.25) is 14.9 Å². The Bertz CT molecular complexity index is 870. The van der Waals surface area contributed by atoms with E-state index in [4.69, 9.17) is 0 Å². The second-order valence-electron chi connectivity index (χ2n) is 4.61. The second-order valence-corrected chi connectivity index (χ2v) is 4.61. The van der Waals surface area contributed by atoms with Crippen LogP contribution in [-0.4, -0.2) is 35.6 Å². The lowest BCUT2D eigenvalue weighted by atomic mass is 10.2. The van der Waals surface area contributed by atoms with Gasteiger partial charge in [0.05, 0.1) is 23.0 Å². The van der Waals surface area contributed by atoms with Crippen LogP contribution in [0, 0.1) is 10.1 Å². The molecule has 2 heterocycles. The molecule has 0 aliphatic heterocycles. The normalized spacial score (nSPS) is 10.5. The number of amides is 1. The molecule has 0 atom stereocenters. The zero-order valence-electron chi connectivity index (χ0n) is 11.9. The number of hydrogen-bond donors (Lipinski definition) is 1. The van der Waals surface area contributed by atoms with Crippen molar-refractivity contribution < 1.29 is 9.72 Å². The van der Waals surface area contributed by atoms with Crippen LogP contribution in [0.5, 0.6) is 0 Å². The third-order valence-electron chi connectivity index (χ3n) is 3.14. The predicted molar refractivity (Wildman–Crippen MR) is 79.2 cm³/mol. The van der Waals surface area contributed by atoms with Gasteiger partial charge in [0, 0.05) is 12.6 Å². The maximum Gasteiger partial charge on any atom is 0.331 e. The van der Waals surface area contributed by atoms with Crippen molar-refractivity contribution in [2.24, 2.45) is 7.05 Å². The van der Waals surface area contributed by atoms with Crippen molar-refractivity contribution in [3.05, 3.63) is 58.5 Å². The Balaban J connectivity index is 1.89. The molecule has 3 rings (SSSR count). The highest BCUT2D eigenvalue weighted by molar-refractivity contribution is 6.05. The van der Waals surface area contributed by atoms with E-state index in [1.807, 2.05) is 0 Å². The highest BCUT2D eigenvalue weighted by atomic mass is 16.6. The Morgan fingerprint density at radius 3 is 2.91 bits per heavy atom. The molecule has 3 aromatic rings. The van der Waals surface area contributed by atoms with Crippen molar-refractivity contribution in [1.82, 2.24) is 24.8 Å². The fraction of sp³-hybridized carbons (Fsp3) is 0.0769. The molecule has 0 unspecified atom stereocenters. The van der Waals surface area contributed by atoms with Gasteiger partial charge in [-0.1, -0.05) is 11.3 Å². The van der Waals surface area contributed by atoms with Gasteiger partial charge in [-0.15, -0.1) is 5.10 Å². The maximum absolute atomic E-state index is 12.3. The summed E-state index contributed by atoms with van der Waals surface area (Å²) in [7, 11) is 1.51. The number of aromatic nitrogens is 5. The molecule has 0 saturated heterocycles. The van der Waals surface area contributed by atoms with Crippen molar-refractivity contribution in [3.63, 3.8) is 0 Å². The van der Waals surface area contributed by atoms with Crippen molar-refractivity contribution in [3.8, 4) is 5.69 Å². The molecule has 0 radical (unpaired) electrons. The molecule has 0 aliphatic rings. The van der Waals surface area contributed by atoms with Crippen LogP contribution in [0.15, 0.2) is 42.9 Å². The molecule has 0 bridgehead atoms. The lowest BCUT2D eigenvalue weighted by molar-refractivity contribution is -0.384. The van der Waals surface area contributed by atoms with Gasteiger partial charge in [0.1, 0.15) is 6.20 Å². The topological polar surface area (TPSA) is 121 Å². The summed E-state index contributed by atoms with van der Waals surface area (Å²) in [5, 5.41) is 24.8. The molecule has 116 valence electrons. The van der Waals surface area contributed by atoms with E-state index in [1.54, 1.807) is 30.5 Å². The van der Waals surface area contributed by atoms with E-state index in [9.17, 15) is 14.9 Å². The highest BCUT2D eigenvalue weighted by Crippen LogP contribution is 2.23. The number of nitrogens with one attached hydrogen (secondary N) is 1. The second kappa shape index (κ2) is 5.67. The lowest BCUT2D eigenvalue weighted by Crippen LogP contribution is -2.16. The summed E-state index contributed by atoms with van der Waals surface area (Å²) in [4.78, 5) is 22.7. The molecule has 0 spiro atoms. The van der Waals surface area contributed by atoms with E-state index >= 15 is 0 Å². The van der Waals surface area contributed by atoms with Gasteiger partial charge < -0.3 is 5.32 Å². The van der Waals surface area contributed by atoms with Crippen molar-refractivity contribution in [1.29, 1.82) is 0 Å². The number of hydrogen-bond acceptors (Lipinski definition) is 6. The molecule has 23 heavy (non-hydrogen) atoms. The van der Waals surface area contributed by atoms with E-state index in [0.717, 1.165) is 6.20 Å². The van der Waals surface area contributed by atoms with Gasteiger partial charge >= 0.3 is 5.69 Å². The zero-order valence-corrected chi connectivity index (χ0v) is 11.9. The number of rotatable bonds is 4. The highest BCUT2D eigenvalue weighted by Gasteiger charge is 2.21. The first-order valence-corrected chi connectivity index (χ1v) is 6.51. The molecule has 10 nitrogen and oxygen atoms in total. The van der Waals surface area contributed by atoms with Gasteiger partial charge in [-0.2, -0.15) is 5.10 Å². The molecule has 0 saturated carbocycles. The van der Waals surface area contributed by atoms with Crippen LogP contribution in [0.1, 0.15) is 10.4 Å². The number of carbonyl (C=O) groups is 1. The number of carbonyl (C=O) groups excluding carboxylic acids is 1. The minimum atomic E-state index is -0.603. The molecule has 0 fully saturated rings. The van der Waals surface area contributed by atoms with E-state index in [0.29, 0.717) is 11.3 Å². The molecular formula is C13H11N7O3. The summed E-state index contributed by atoms with van der Waals surface area (Å²) in [6.45, 7) is 0. The van der Waals surface area contributed by atoms with Crippen LogP contribution in [0.25, 0.3) is 5.69 Å². The summed E-state index contributed by atoms with van der Waals surface area (Å²) in [6, 6.07) is 6.64. The Morgan fingerprint density at radius 1 is 1.39 bits per heavy atom. The molecular weight excluding hydrogens is 302 g/mol. The lowest BCUT2D eigenvalue weighted by Gasteiger charge is -2.07. The quantitative estimate of drug-likeness (QED) is 0.570. The Morgan fingerprint density at radius 2 is 2.22 bits per heavy atom. The monoisotopic (exact) mass is 313 g/mol. The molecule has 1 amide bonds. The average molecular weight is 313 g/mol. The molecule has 1 aromatic carbocycles. The molecule has 10 heteroatoms. The first-order valence-electron chi connectivity index (χ1n) is 6.51. The van der Waals surface area contributed by atoms with E-state index in [2.05, 4.69) is 20.7 Å². The van der Waals surface area contributed by atoms with Crippen LogP contribution >= 0.6 is 0 Å². The van der Waals surface area contributed by atoms with Crippen molar-refractivity contribution >= 4 is 17.4 Å². The third-order valence-corrected chi connectivity index (χ3v) is 3.14. The van der Waals surface area contributed by atoms with Gasteiger partial charge in [-0.05, 0) is 18.2 Å². The van der Waals surface area contributed by atoms with Crippen LogP contribution in [0.3, 0.4) is 0 Å². The summed E-state index contributed by atoms with van der Waals surface area (Å²) in [5.41, 5.74) is 0.705. The number of nitro groups is 1. The molecule has 0 aliphatic carbocycles. The number of anilines is 1. The van der Waals surface area contributed by atoms with Crippen molar-refractivity contribution in [2.75, 3.05) is 5.32 Å². The number of benzene rings is 1. The predicted octanol–water partition coefficient (Wildman–Crippen LogP) is 1.16. The summed E-state index contributed by atoms with van der Waals surface area (Å²) in [5.74, 6) is -0.468. The van der Waals surface area contributed by atoms with E-state index in [1.165, 1.54) is 22.6 Å². The first kappa shape index (κ1) is 14.4. The van der Waals surface area contributed by atoms with Gasteiger partial charge in [0.25, 0.3) is 5.91 Å². The van der Waals surface area contributed by atoms with Crippen molar-refractivity contribution in [2.45, 2.75) is 0 Å². The average Bonchev–Trinajstić information content (AvgIpc) is 3.18. The van der Waals surface area contributed by atoms with Crippen LogP contribution < -0.4 is 5.32 Å². The fourth-order valence-corrected chi connectivity index (χ4v) is 2.02. The fourth-order valence-electron chi connectivity index (χ4n) is 2.02. The Labute approximate surface area is 129 Å². The smallest absolute Gasteiger partial charge is 0.301 e. The van der Waals surface area contributed by atoms with Gasteiger partial charge in [0.2, 0.25) is 5.82 Å². The summed E-state index contributed by atoms with van der Waals surface area (Å²) in [6.07, 6.45) is 4.25. The standard InChI is InChI=1S/C13H11N7O3/c1-18-12(11(8-15-18)20(22)23)16-13(21)9-3-2-4-10(7-9)19-6-5-14-17-19/h2-8H,1H3,(H,16,21). The number of nitrogens with zero attached hydrogens (tertiary/aromatic N) is 6. The minimum Gasteiger partial charge on any atom is -0.301 e. The molecule has 1 N–H and O–H groups in total. The summed E-state index contributed by atoms with van der Waals surface area (Å²) >= 11 is 0. The molecule has 2 aromatic heterocycles. The minimum absolute atomic E-state index is 0.0196. The van der Waals surface area contributed by atoms with Crippen LogP contribution in [-0.2, 0) is 7.05 Å². The third kappa shape index (κ3) is 2.77. The van der Waals surface area contributed by atoms with Gasteiger partial charge in [-0.25, -0.2) is 9.36 Å². The van der Waals surface area contributed by atoms with E-state index in [-0.39, 0.29) is 11.5 Å². The Hall–Kier alpha value is -3.56. The Kier molecular flexibility index (Phi) is 3.55. The van der Waals surface area contributed by atoms with E-state index < -0.39 is 10.8 Å². The number of aryl methyl sites for hydroxylation is 1. The SMILES string of the molecule is Cn1ncc([N+](=O)[O-])c1NC(=O)c1cccc(-n2ccnn2)c1. The maximum atomic E-state index is 12.3.